The van der Waals surface area contributed by atoms with Gasteiger partial charge in [-0.1, -0.05) is 6.92 Å². The second-order valence-corrected chi connectivity index (χ2v) is 6.02. The number of ketones is 1. The molecule has 0 amide bonds. The zero-order chi connectivity index (χ0) is 11.0. The Bertz CT molecular complexity index is 259. The Morgan fingerprint density at radius 2 is 1.79 bits per heavy atom. The number of carbonyl (C=O) groups is 1. The lowest BCUT2D eigenvalue weighted by atomic mass is 10.1. The summed E-state index contributed by atoms with van der Waals surface area (Å²) < 4.78 is 22.1. The summed E-state index contributed by atoms with van der Waals surface area (Å²) in [6, 6.07) is 0. The number of Topliss-reactive ketones (excluding diaryl/α,β-unsaturated/α-hetero) is 1. The van der Waals surface area contributed by atoms with E-state index < -0.39 is 9.84 Å². The van der Waals surface area contributed by atoms with E-state index in [0.717, 1.165) is 0 Å². The summed E-state index contributed by atoms with van der Waals surface area (Å²) >= 11 is 5.43. The third kappa shape index (κ3) is 7.33. The molecule has 0 radical (unpaired) electrons. The summed E-state index contributed by atoms with van der Waals surface area (Å²) in [7, 11) is -2.91. The minimum Gasteiger partial charge on any atom is -0.300 e. The summed E-state index contributed by atoms with van der Waals surface area (Å²) in [6.45, 7) is 1.62. The summed E-state index contributed by atoms with van der Waals surface area (Å²) in [6.07, 6.45) is 1.95. The molecule has 0 aromatic heterocycles. The Kier molecular flexibility index (Phi) is 7.19. The third-order valence-electron chi connectivity index (χ3n) is 1.94. The molecule has 0 fully saturated rings. The molecule has 0 unspecified atom stereocenters. The standard InChI is InChI=1S/C9H17ClO3S/c1-2-14(12,13)8-4-6-9(11)5-3-7-10/h2-8H2,1H3. The molecule has 0 aliphatic rings. The molecular weight excluding hydrogens is 224 g/mol. The van der Waals surface area contributed by atoms with Crippen molar-refractivity contribution in [2.24, 2.45) is 0 Å². The summed E-state index contributed by atoms with van der Waals surface area (Å²) in [5.41, 5.74) is 0. The SMILES string of the molecule is CCS(=O)(=O)CCCC(=O)CCCCl. The first-order valence-electron chi connectivity index (χ1n) is 4.80. The van der Waals surface area contributed by atoms with Gasteiger partial charge < -0.3 is 0 Å². The van der Waals surface area contributed by atoms with E-state index in [-0.39, 0.29) is 17.3 Å². The lowest BCUT2D eigenvalue weighted by Crippen LogP contribution is -2.10. The summed E-state index contributed by atoms with van der Waals surface area (Å²) in [5, 5.41) is 0. The van der Waals surface area contributed by atoms with Crippen molar-refractivity contribution in [2.75, 3.05) is 17.4 Å². The van der Waals surface area contributed by atoms with Crippen molar-refractivity contribution in [3.63, 3.8) is 0 Å². The van der Waals surface area contributed by atoms with Crippen LogP contribution in [0.2, 0.25) is 0 Å². The molecule has 84 valence electrons. The second kappa shape index (κ2) is 7.23. The quantitative estimate of drug-likeness (QED) is 0.608. The van der Waals surface area contributed by atoms with Gasteiger partial charge in [0.05, 0.1) is 5.75 Å². The molecule has 0 saturated heterocycles. The molecular formula is C9H17ClO3S. The minimum atomic E-state index is -2.91. The van der Waals surface area contributed by atoms with Crippen molar-refractivity contribution in [2.45, 2.75) is 32.6 Å². The van der Waals surface area contributed by atoms with Crippen LogP contribution in [0.5, 0.6) is 0 Å². The maximum absolute atomic E-state index is 11.1. The molecule has 0 bridgehead atoms. The van der Waals surface area contributed by atoms with Crippen LogP contribution in [0.25, 0.3) is 0 Å². The molecule has 0 aromatic carbocycles. The Morgan fingerprint density at radius 3 is 2.29 bits per heavy atom. The van der Waals surface area contributed by atoms with Crippen LogP contribution in [0.15, 0.2) is 0 Å². The van der Waals surface area contributed by atoms with E-state index >= 15 is 0 Å². The normalized spacial score (nSPS) is 11.6. The van der Waals surface area contributed by atoms with Crippen LogP contribution < -0.4 is 0 Å². The van der Waals surface area contributed by atoms with Gasteiger partial charge in [-0.2, -0.15) is 0 Å². The fourth-order valence-corrected chi connectivity index (χ4v) is 2.03. The predicted molar refractivity (Wildman–Crippen MR) is 58.5 cm³/mol. The fourth-order valence-electron chi connectivity index (χ4n) is 1.02. The van der Waals surface area contributed by atoms with Crippen molar-refractivity contribution < 1.29 is 13.2 Å². The first-order chi connectivity index (χ1) is 6.52. The summed E-state index contributed by atoms with van der Waals surface area (Å²) in [5.74, 6) is 0.870. The lowest BCUT2D eigenvalue weighted by Gasteiger charge is -2.00. The van der Waals surface area contributed by atoms with Gasteiger partial charge in [0.2, 0.25) is 0 Å². The highest BCUT2D eigenvalue weighted by Crippen LogP contribution is 2.02. The molecule has 0 atom stereocenters. The number of alkyl halides is 1. The van der Waals surface area contributed by atoms with Gasteiger partial charge in [-0.25, -0.2) is 8.42 Å². The number of hydrogen-bond acceptors (Lipinski definition) is 3. The van der Waals surface area contributed by atoms with Gasteiger partial charge in [0.15, 0.2) is 0 Å². The Hall–Kier alpha value is -0.0900. The van der Waals surface area contributed by atoms with E-state index in [4.69, 9.17) is 11.6 Å². The Balaban J connectivity index is 3.59. The van der Waals surface area contributed by atoms with Gasteiger partial charge in [-0.15, -0.1) is 11.6 Å². The van der Waals surface area contributed by atoms with Crippen LogP contribution in [-0.4, -0.2) is 31.6 Å². The highest BCUT2D eigenvalue weighted by molar-refractivity contribution is 7.91. The average molecular weight is 241 g/mol. The van der Waals surface area contributed by atoms with E-state index in [9.17, 15) is 13.2 Å². The molecule has 5 heteroatoms. The van der Waals surface area contributed by atoms with E-state index in [1.54, 1.807) is 6.92 Å². The van der Waals surface area contributed by atoms with E-state index in [0.29, 0.717) is 31.6 Å². The molecule has 0 saturated carbocycles. The molecule has 14 heavy (non-hydrogen) atoms. The molecule has 0 N–H and O–H groups in total. The van der Waals surface area contributed by atoms with Crippen molar-refractivity contribution >= 4 is 27.2 Å². The van der Waals surface area contributed by atoms with Gasteiger partial charge in [-0.05, 0) is 12.8 Å². The highest BCUT2D eigenvalue weighted by Gasteiger charge is 2.08. The highest BCUT2D eigenvalue weighted by atomic mass is 35.5. The Morgan fingerprint density at radius 1 is 1.21 bits per heavy atom. The van der Waals surface area contributed by atoms with Gasteiger partial charge in [-0.3, -0.25) is 4.79 Å². The monoisotopic (exact) mass is 240 g/mol. The zero-order valence-electron chi connectivity index (χ0n) is 8.46. The van der Waals surface area contributed by atoms with E-state index in [1.807, 2.05) is 0 Å². The number of rotatable bonds is 8. The van der Waals surface area contributed by atoms with Crippen molar-refractivity contribution in [3.05, 3.63) is 0 Å². The lowest BCUT2D eigenvalue weighted by molar-refractivity contribution is -0.119. The molecule has 0 spiro atoms. The van der Waals surface area contributed by atoms with E-state index in [1.165, 1.54) is 0 Å². The topological polar surface area (TPSA) is 51.2 Å². The second-order valence-electron chi connectivity index (χ2n) is 3.17. The van der Waals surface area contributed by atoms with Gasteiger partial charge in [0, 0.05) is 24.5 Å². The molecule has 3 nitrogen and oxygen atoms in total. The molecule has 0 aliphatic heterocycles. The number of sulfone groups is 1. The maximum atomic E-state index is 11.1. The van der Waals surface area contributed by atoms with Crippen LogP contribution in [0, 0.1) is 0 Å². The molecule has 0 aromatic rings. The smallest absolute Gasteiger partial charge is 0.150 e. The van der Waals surface area contributed by atoms with Crippen LogP contribution in [0.3, 0.4) is 0 Å². The Labute approximate surface area is 90.7 Å². The van der Waals surface area contributed by atoms with Crippen LogP contribution in [0.4, 0.5) is 0 Å². The fraction of sp³-hybridized carbons (Fsp3) is 0.889. The van der Waals surface area contributed by atoms with Gasteiger partial charge in [0.25, 0.3) is 0 Å². The number of halogens is 1. The molecule has 0 rings (SSSR count). The van der Waals surface area contributed by atoms with Crippen molar-refractivity contribution in [3.8, 4) is 0 Å². The third-order valence-corrected chi connectivity index (χ3v) is 4.00. The number of hydrogen-bond donors (Lipinski definition) is 0. The minimum absolute atomic E-state index is 0.108. The summed E-state index contributed by atoms with van der Waals surface area (Å²) in [4.78, 5) is 11.1. The molecule has 0 aliphatic carbocycles. The van der Waals surface area contributed by atoms with Crippen molar-refractivity contribution in [1.82, 2.24) is 0 Å². The predicted octanol–water partition coefficient (Wildman–Crippen LogP) is 1.79. The van der Waals surface area contributed by atoms with E-state index in [2.05, 4.69) is 0 Å². The number of carbonyl (C=O) groups excluding carboxylic acids is 1. The first-order valence-corrected chi connectivity index (χ1v) is 7.15. The van der Waals surface area contributed by atoms with Crippen LogP contribution in [0.1, 0.15) is 32.6 Å². The van der Waals surface area contributed by atoms with Crippen LogP contribution >= 0.6 is 11.6 Å². The first kappa shape index (κ1) is 13.9. The average Bonchev–Trinajstić information content (AvgIpc) is 2.14. The van der Waals surface area contributed by atoms with Gasteiger partial charge in [0.1, 0.15) is 15.6 Å². The largest absolute Gasteiger partial charge is 0.300 e. The maximum Gasteiger partial charge on any atom is 0.150 e. The molecule has 0 heterocycles. The van der Waals surface area contributed by atoms with Crippen molar-refractivity contribution in [1.29, 1.82) is 0 Å². The van der Waals surface area contributed by atoms with Gasteiger partial charge >= 0.3 is 0 Å². The van der Waals surface area contributed by atoms with Crippen LogP contribution in [-0.2, 0) is 14.6 Å². The zero-order valence-corrected chi connectivity index (χ0v) is 10.0.